The van der Waals surface area contributed by atoms with Crippen molar-refractivity contribution in [1.82, 2.24) is 44.9 Å². The van der Waals surface area contributed by atoms with Crippen LogP contribution in [0.4, 0.5) is 47.7 Å². The highest BCUT2D eigenvalue weighted by Gasteiger charge is 2.49. The number of phenols is 2. The number of anilines is 2. The Labute approximate surface area is 824 Å². The predicted molar refractivity (Wildman–Crippen MR) is 523 cm³/mol. The van der Waals surface area contributed by atoms with Crippen molar-refractivity contribution in [2.24, 2.45) is 0 Å². The van der Waals surface area contributed by atoms with Crippen LogP contribution in [0.1, 0.15) is 167 Å². The fraction of sp³-hybridized carbons (Fsp3) is 0.359. The van der Waals surface area contributed by atoms with Crippen molar-refractivity contribution < 1.29 is 83.2 Å². The smallest absolute Gasteiger partial charge is 0.410 e. The molecule has 0 radical (unpaired) electrons. The zero-order valence-electron chi connectivity index (χ0n) is 77.8. The van der Waals surface area contributed by atoms with Gasteiger partial charge in [0.05, 0.1) is 72.5 Å². The molecule has 36 heteroatoms. The Morgan fingerprint density at radius 1 is 0.424 bits per heavy atom. The highest BCUT2D eigenvalue weighted by Crippen LogP contribution is 2.44. The van der Waals surface area contributed by atoms with Crippen molar-refractivity contribution >= 4 is 128 Å². The van der Waals surface area contributed by atoms with Gasteiger partial charge in [0, 0.05) is 46.1 Å². The van der Waals surface area contributed by atoms with Crippen LogP contribution in [0.15, 0.2) is 213 Å². The molecule has 5 aliphatic rings. The van der Waals surface area contributed by atoms with Gasteiger partial charge in [0.15, 0.2) is 34.2 Å². The van der Waals surface area contributed by atoms with Crippen molar-refractivity contribution in [3.8, 4) is 69.3 Å². The number of alkyl halides is 5. The number of nitrogens with two attached hydrogens (primary N) is 1. The number of carbonyl (C=O) groups excluding carboxylic acids is 4. The molecule has 0 saturated carbocycles. The number of ether oxygens (including phenoxy) is 3. The van der Waals surface area contributed by atoms with Crippen LogP contribution in [0.5, 0.6) is 11.5 Å². The molecule has 139 heavy (non-hydrogen) atoms. The number of hydrogen-bond acceptors (Lipinski definition) is 24. The van der Waals surface area contributed by atoms with E-state index in [1.54, 1.807) is 147 Å². The molecule has 724 valence electrons. The Bertz CT molecular complexity index is 6860. The molecule has 6 N–H and O–H groups in total. The Balaban J connectivity index is 0.000000143. The molecule has 0 bridgehead atoms. The second-order valence-corrected chi connectivity index (χ2v) is 40.1. The fourth-order valence-corrected chi connectivity index (χ4v) is 17.1. The van der Waals surface area contributed by atoms with Crippen LogP contribution in [0.25, 0.3) is 77.8 Å². The van der Waals surface area contributed by atoms with Crippen molar-refractivity contribution in [3.05, 3.63) is 236 Å². The number of nitrogens with one attached hydrogen (secondary N) is 2. The summed E-state index contributed by atoms with van der Waals surface area (Å²) in [5, 5.41) is 60.4. The van der Waals surface area contributed by atoms with Crippen molar-refractivity contribution in [1.29, 1.82) is 21.0 Å². The summed E-state index contributed by atoms with van der Waals surface area (Å²) in [6, 6.07) is 59.4. The number of nitrogens with zero attached hydrogens (tertiary/aromatic N) is 12. The van der Waals surface area contributed by atoms with Gasteiger partial charge in [-0.1, -0.05) is 102 Å². The van der Waals surface area contributed by atoms with E-state index in [4.69, 9.17) is 63.8 Å². The van der Waals surface area contributed by atoms with E-state index in [-0.39, 0.29) is 99.2 Å². The third kappa shape index (κ3) is 26.4. The molecular weight excluding hydrogens is 1990 g/mol. The second kappa shape index (κ2) is 43.2. The minimum Gasteiger partial charge on any atom is -0.506 e. The Morgan fingerprint density at radius 3 is 1.16 bits per heavy atom. The lowest BCUT2D eigenvalue weighted by Gasteiger charge is -2.37. The van der Waals surface area contributed by atoms with Gasteiger partial charge >= 0.3 is 18.3 Å². The molecule has 4 aromatic heterocycles. The van der Waals surface area contributed by atoms with Gasteiger partial charge in [0.2, 0.25) is 46.2 Å². The molecule has 9 aromatic carbocycles. The first kappa shape index (κ1) is 103. The van der Waals surface area contributed by atoms with Crippen molar-refractivity contribution in [2.75, 3.05) is 76.5 Å². The van der Waals surface area contributed by atoms with Gasteiger partial charge in [-0.15, -0.1) is 0 Å². The first-order valence-corrected chi connectivity index (χ1v) is 47.3. The number of fused-ring (bicyclic) bond motifs is 4. The van der Waals surface area contributed by atoms with Crippen LogP contribution < -0.4 is 16.4 Å². The van der Waals surface area contributed by atoms with Gasteiger partial charge in [-0.2, -0.15) is 21.0 Å². The third-order valence-electron chi connectivity index (χ3n) is 22.8. The van der Waals surface area contributed by atoms with Crippen LogP contribution in [-0.4, -0.2) is 162 Å². The average Bonchev–Trinajstić information content (AvgIpc) is 1.49. The molecule has 5 atom stereocenters. The largest absolute Gasteiger partial charge is 0.506 e. The SMILES string of the molecule is CC(C)(C)OC(=O)N1CCCC(F)(C(=O)Nc2cc(Br)ccc2O)C1.CC(C)(C)OC(=O)N1CCCC(F)(c2nc3cc(-c4cccc(C#N)c4)ccc3o2)C1.CC(C)(C)OC(=O)N1CCCC(F)(c2nc3cc(Br)ccc3o2)C1.N#Cc1cccc(-c2ccc3oc(C4(F)CCCNC4)nc3c2)c1.N#Cc1cccc(-c2ccc3oc([C@@]4(F)CCCN(C#N)C4)nc3c2)c1.Nc1cc(Br)ccc1O. The summed E-state index contributed by atoms with van der Waals surface area (Å²) in [5.41, 5.74) is 6.12. The van der Waals surface area contributed by atoms with Gasteiger partial charge in [0.1, 0.15) is 50.4 Å². The summed E-state index contributed by atoms with van der Waals surface area (Å²) >= 11 is 9.79. The monoisotopic (exact) mass is 2090 g/mol. The summed E-state index contributed by atoms with van der Waals surface area (Å²) in [5.74, 6) is -0.780. The molecule has 0 spiro atoms. The second-order valence-electron chi connectivity index (χ2n) is 37.4. The lowest BCUT2D eigenvalue weighted by molar-refractivity contribution is -0.130. The zero-order chi connectivity index (χ0) is 100. The maximum absolute atomic E-state index is 15.9. The number of phenolic OH excluding ortho intramolecular Hbond substituents is 2. The van der Waals surface area contributed by atoms with Crippen LogP contribution >= 0.6 is 47.8 Å². The van der Waals surface area contributed by atoms with Crippen LogP contribution in [0.3, 0.4) is 0 Å². The average molecular weight is 2090 g/mol. The number of aromatic hydroxyl groups is 2. The van der Waals surface area contributed by atoms with Crippen LogP contribution in [0, 0.1) is 45.4 Å². The number of rotatable bonds is 9. The number of piperidine rings is 5. The number of nitrogen functional groups attached to an aromatic ring is 1. The molecule has 13 aromatic rings. The molecule has 4 unspecified atom stereocenters. The summed E-state index contributed by atoms with van der Waals surface area (Å²) < 4.78 is 118. The minimum atomic E-state index is -2.25. The number of amides is 4. The molecule has 18 rings (SSSR count). The van der Waals surface area contributed by atoms with Gasteiger partial charge in [-0.25, -0.2) is 56.3 Å². The maximum Gasteiger partial charge on any atom is 0.410 e. The normalized spacial score (nSPS) is 19.8. The number of oxazole rings is 4. The predicted octanol–water partition coefficient (Wildman–Crippen LogP) is 23.9. The van der Waals surface area contributed by atoms with E-state index in [2.05, 4.69) is 96.6 Å². The van der Waals surface area contributed by atoms with E-state index in [0.717, 1.165) is 55.3 Å². The molecule has 5 saturated heterocycles. The van der Waals surface area contributed by atoms with Gasteiger partial charge in [0.25, 0.3) is 5.91 Å². The Kier molecular flexibility index (Phi) is 31.9. The molecular formula is C103H103Br3F5N15O13. The van der Waals surface area contributed by atoms with E-state index in [1.807, 2.05) is 91.1 Å². The van der Waals surface area contributed by atoms with E-state index < -0.39 is 69.3 Å². The van der Waals surface area contributed by atoms with Gasteiger partial charge in [-0.3, -0.25) is 4.79 Å². The quantitative estimate of drug-likeness (QED) is 0.0294. The molecule has 5 aliphatic heterocycles. The van der Waals surface area contributed by atoms with Crippen LogP contribution in [0.2, 0.25) is 0 Å². The summed E-state index contributed by atoms with van der Waals surface area (Å²) in [7, 11) is 0. The number of halogens is 8. The number of likely N-dealkylation sites (tertiary alicyclic amines) is 4. The standard InChI is InChI=1S/C24H24FN3O3.C20H15FN4O.C19H16FN3O.C17H22BrFN2O4.C17H20BrFN2O3.C6H6BrNO/c1-23(2,3)31-22(29)28-11-5-10-24(25,15-28)21-27-19-13-18(8-9-20(19)30-21)17-7-4-6-16(12-17)14-26;21-20(7-2-8-25(12-20)13-23)19-24-17-10-16(5-6-18(17)26-19)15-4-1-3-14(9-15)11-22;20-19(7-2-8-22-12-19)18-23-16-10-15(5-6-17(16)24-18)14-4-1-3-13(9-14)11-21;1-16(2,3)25-15(24)21-8-4-7-17(19,10-21)14(23)20-12-9-11(18)5-6-13(12)22;1-16(2,3)24-15(22)21-8-4-7-17(19,10-21)14-20-12-9-11(18)5-6-13(12)23-14;7-4-1-2-6(9)5(8)3-4/h4,6-9,12-13H,5,10-11,15H2,1-3H3;1,3-6,9-10H,2,7-8,12H2;1,3-6,9-10,22H,2,7-8,12H2;5-6,9,22H,4,7-8,10H2,1-3H3,(H,20,23);5-6,9H,4,7-8,10H2,1-3H3;1-3,9H,8H2/t;20-;;;;/m.1..../s1. The van der Waals surface area contributed by atoms with Crippen molar-refractivity contribution in [2.45, 2.75) is 172 Å². The molecule has 9 heterocycles. The van der Waals surface area contributed by atoms with E-state index in [0.29, 0.717) is 130 Å². The minimum absolute atomic E-state index is 0.00705. The van der Waals surface area contributed by atoms with Gasteiger partial charge in [-0.05, 0) is 294 Å². The van der Waals surface area contributed by atoms with Crippen LogP contribution in [-0.2, 0) is 41.7 Å². The lowest BCUT2D eigenvalue weighted by Crippen LogP contribution is -2.54. The topological polar surface area (TPSA) is 399 Å². The molecule has 5 fully saturated rings. The molecule has 0 aliphatic carbocycles. The Morgan fingerprint density at radius 2 is 0.770 bits per heavy atom. The number of carbonyl (C=O) groups is 4. The lowest BCUT2D eigenvalue weighted by atomic mass is 9.94. The first-order chi connectivity index (χ1) is 65.8. The molecule has 28 nitrogen and oxygen atoms in total. The van der Waals surface area contributed by atoms with Gasteiger partial charge < -0.3 is 78.1 Å². The van der Waals surface area contributed by atoms with E-state index in [1.165, 1.54) is 31.7 Å². The zero-order valence-corrected chi connectivity index (χ0v) is 82.6. The van der Waals surface area contributed by atoms with Crippen molar-refractivity contribution in [3.63, 3.8) is 0 Å². The first-order valence-electron chi connectivity index (χ1n) is 44.9. The number of nitriles is 4. The highest BCUT2D eigenvalue weighted by molar-refractivity contribution is 9.11. The van der Waals surface area contributed by atoms with E-state index >= 15 is 22.0 Å². The van der Waals surface area contributed by atoms with E-state index in [9.17, 15) is 24.3 Å². The number of hydrogen-bond donors (Lipinski definition) is 5. The Hall–Kier alpha value is -13.7. The number of aromatic nitrogens is 4. The third-order valence-corrected chi connectivity index (χ3v) is 24.3. The highest BCUT2D eigenvalue weighted by atomic mass is 79.9. The maximum atomic E-state index is 15.9. The summed E-state index contributed by atoms with van der Waals surface area (Å²) in [6.07, 6.45) is 4.19. The number of benzene rings is 9. The fourth-order valence-electron chi connectivity index (χ4n) is 16.0. The summed E-state index contributed by atoms with van der Waals surface area (Å²) in [6.45, 7) is 18.0. The molecule has 4 amide bonds. The summed E-state index contributed by atoms with van der Waals surface area (Å²) in [4.78, 5) is 72.0.